The van der Waals surface area contributed by atoms with Crippen LogP contribution in [0.3, 0.4) is 0 Å². The van der Waals surface area contributed by atoms with Gasteiger partial charge in [-0.3, -0.25) is 9.10 Å². The summed E-state index contributed by atoms with van der Waals surface area (Å²) in [6.45, 7) is -0.674. The second kappa shape index (κ2) is 7.95. The summed E-state index contributed by atoms with van der Waals surface area (Å²) < 4.78 is 63.5. The van der Waals surface area contributed by atoms with Crippen LogP contribution in [0.5, 0.6) is 0 Å². The molecule has 0 fully saturated rings. The van der Waals surface area contributed by atoms with Crippen molar-refractivity contribution in [2.75, 3.05) is 22.4 Å². The minimum absolute atomic E-state index is 0.0731. The normalized spacial score (nSPS) is 11.9. The second-order valence-electron chi connectivity index (χ2n) is 5.46. The van der Waals surface area contributed by atoms with Crippen LogP contribution in [0.25, 0.3) is 0 Å². The van der Waals surface area contributed by atoms with Crippen molar-refractivity contribution in [1.29, 1.82) is 0 Å². The fourth-order valence-corrected chi connectivity index (χ4v) is 3.57. The molecule has 5 nitrogen and oxygen atoms in total. The van der Waals surface area contributed by atoms with Gasteiger partial charge in [0.1, 0.15) is 6.54 Å². The smallest absolute Gasteiger partial charge is 0.324 e. The van der Waals surface area contributed by atoms with E-state index in [0.29, 0.717) is 6.07 Å². The summed E-state index contributed by atoms with van der Waals surface area (Å²) in [5.41, 5.74) is -1.22. The summed E-state index contributed by atoms with van der Waals surface area (Å²) in [6.07, 6.45) is -3.82. The first-order valence-electron chi connectivity index (χ1n) is 7.28. The lowest BCUT2D eigenvalue weighted by Crippen LogP contribution is -2.37. The number of halogens is 5. The van der Waals surface area contributed by atoms with Gasteiger partial charge in [0, 0.05) is 5.69 Å². The van der Waals surface area contributed by atoms with Crippen LogP contribution < -0.4 is 9.62 Å². The molecule has 0 aromatic heterocycles. The zero-order valence-corrected chi connectivity index (χ0v) is 16.0. The molecule has 2 rings (SSSR count). The van der Waals surface area contributed by atoms with Crippen LogP contribution in [-0.2, 0) is 21.0 Å². The largest absolute Gasteiger partial charge is 0.417 e. The van der Waals surface area contributed by atoms with Gasteiger partial charge >= 0.3 is 6.18 Å². The first-order chi connectivity index (χ1) is 12.4. The van der Waals surface area contributed by atoms with Gasteiger partial charge in [-0.15, -0.1) is 0 Å². The average molecular weight is 441 g/mol. The van der Waals surface area contributed by atoms with E-state index in [-0.39, 0.29) is 16.4 Å². The maximum absolute atomic E-state index is 12.9. The van der Waals surface area contributed by atoms with E-state index in [1.807, 2.05) is 0 Å². The predicted molar refractivity (Wildman–Crippen MR) is 98.7 cm³/mol. The summed E-state index contributed by atoms with van der Waals surface area (Å²) >= 11 is 11.5. The highest BCUT2D eigenvalue weighted by molar-refractivity contribution is 7.92. The van der Waals surface area contributed by atoms with E-state index in [0.717, 1.165) is 16.6 Å². The number of nitrogens with one attached hydrogen (secondary N) is 1. The van der Waals surface area contributed by atoms with Gasteiger partial charge in [-0.1, -0.05) is 35.3 Å². The Kier molecular flexibility index (Phi) is 6.28. The van der Waals surface area contributed by atoms with Crippen molar-refractivity contribution in [1.82, 2.24) is 0 Å². The van der Waals surface area contributed by atoms with Crippen molar-refractivity contribution >= 4 is 50.5 Å². The number of nitrogens with zero attached hydrogens (tertiary/aromatic N) is 1. The first kappa shape index (κ1) is 21.3. The third-order valence-corrected chi connectivity index (χ3v) is 5.14. The highest BCUT2D eigenvalue weighted by atomic mass is 35.5. The van der Waals surface area contributed by atoms with E-state index < -0.39 is 39.2 Å². The molecule has 0 radical (unpaired) electrons. The minimum atomic E-state index is -4.70. The molecule has 11 heteroatoms. The Labute approximate surface area is 163 Å². The summed E-state index contributed by atoms with van der Waals surface area (Å²) in [5, 5.41) is 1.81. The third-order valence-electron chi connectivity index (χ3n) is 3.36. The number of benzene rings is 2. The summed E-state index contributed by atoms with van der Waals surface area (Å²) in [7, 11) is -3.88. The van der Waals surface area contributed by atoms with Crippen molar-refractivity contribution in [3.63, 3.8) is 0 Å². The molecule has 2 aromatic rings. The molecule has 0 bridgehead atoms. The molecule has 0 saturated carbocycles. The van der Waals surface area contributed by atoms with Crippen LogP contribution in [0.15, 0.2) is 42.5 Å². The summed E-state index contributed by atoms with van der Waals surface area (Å²) in [5.74, 6) is -0.851. The van der Waals surface area contributed by atoms with Crippen LogP contribution in [-0.4, -0.2) is 27.1 Å². The molecule has 0 aliphatic rings. The molecular formula is C16H13Cl2F3N2O3S. The highest BCUT2D eigenvalue weighted by Crippen LogP contribution is 2.36. The Morgan fingerprint density at radius 2 is 1.74 bits per heavy atom. The standard InChI is InChI=1S/C16H13Cl2F3N2O3S/c1-27(25,26)23(14-5-3-2-4-13(14)18)9-15(24)22-10-6-7-12(17)11(8-10)16(19,20)21/h2-8H,9H2,1H3,(H,22,24). The van der Waals surface area contributed by atoms with Crippen molar-refractivity contribution in [2.45, 2.75) is 6.18 Å². The Bertz CT molecular complexity index is 966. The second-order valence-corrected chi connectivity index (χ2v) is 8.18. The molecule has 1 N–H and O–H groups in total. The van der Waals surface area contributed by atoms with Gasteiger partial charge in [-0.05, 0) is 30.3 Å². The van der Waals surface area contributed by atoms with Crippen LogP contribution >= 0.6 is 23.2 Å². The third kappa shape index (κ3) is 5.50. The molecular weight excluding hydrogens is 428 g/mol. The number of hydrogen-bond acceptors (Lipinski definition) is 3. The van der Waals surface area contributed by atoms with Gasteiger partial charge in [0.2, 0.25) is 15.9 Å². The van der Waals surface area contributed by atoms with E-state index >= 15 is 0 Å². The number of hydrogen-bond donors (Lipinski definition) is 1. The van der Waals surface area contributed by atoms with E-state index in [9.17, 15) is 26.4 Å². The molecule has 27 heavy (non-hydrogen) atoms. The molecule has 0 heterocycles. The van der Waals surface area contributed by atoms with Gasteiger partial charge in [-0.2, -0.15) is 13.2 Å². The molecule has 0 atom stereocenters. The summed E-state index contributed by atoms with van der Waals surface area (Å²) in [4.78, 5) is 12.2. The Hall–Kier alpha value is -1.97. The van der Waals surface area contributed by atoms with Crippen molar-refractivity contribution in [2.24, 2.45) is 0 Å². The number of para-hydroxylation sites is 1. The van der Waals surface area contributed by atoms with E-state index in [2.05, 4.69) is 5.32 Å². The number of rotatable bonds is 5. The Morgan fingerprint density at radius 3 is 2.30 bits per heavy atom. The monoisotopic (exact) mass is 440 g/mol. The number of carbonyl (C=O) groups is 1. The van der Waals surface area contributed by atoms with Crippen LogP contribution in [0.4, 0.5) is 24.5 Å². The fourth-order valence-electron chi connectivity index (χ4n) is 2.19. The average Bonchev–Trinajstić information content (AvgIpc) is 2.53. The molecule has 0 unspecified atom stereocenters. The molecule has 1 amide bonds. The van der Waals surface area contributed by atoms with Crippen LogP contribution in [0, 0.1) is 0 Å². The van der Waals surface area contributed by atoms with Crippen LogP contribution in [0.1, 0.15) is 5.56 Å². The zero-order chi connectivity index (χ0) is 20.4. The fraction of sp³-hybridized carbons (Fsp3) is 0.188. The number of anilines is 2. The van der Waals surface area contributed by atoms with Crippen LogP contribution in [0.2, 0.25) is 10.0 Å². The zero-order valence-electron chi connectivity index (χ0n) is 13.7. The summed E-state index contributed by atoms with van der Waals surface area (Å²) in [6, 6.07) is 8.80. The topological polar surface area (TPSA) is 66.5 Å². The lowest BCUT2D eigenvalue weighted by Gasteiger charge is -2.23. The van der Waals surface area contributed by atoms with Gasteiger partial charge in [0.25, 0.3) is 0 Å². The van der Waals surface area contributed by atoms with Crippen molar-refractivity contribution < 1.29 is 26.4 Å². The number of carbonyl (C=O) groups excluding carboxylic acids is 1. The van der Waals surface area contributed by atoms with Crippen molar-refractivity contribution in [3.8, 4) is 0 Å². The van der Waals surface area contributed by atoms with E-state index in [4.69, 9.17) is 23.2 Å². The Balaban J connectivity index is 2.26. The SMILES string of the molecule is CS(=O)(=O)N(CC(=O)Nc1ccc(Cl)c(C(F)(F)F)c1)c1ccccc1Cl. The maximum atomic E-state index is 12.9. The minimum Gasteiger partial charge on any atom is -0.324 e. The molecule has 0 spiro atoms. The highest BCUT2D eigenvalue weighted by Gasteiger charge is 2.33. The molecule has 0 aliphatic heterocycles. The van der Waals surface area contributed by atoms with E-state index in [1.54, 1.807) is 6.07 Å². The molecule has 0 aliphatic carbocycles. The molecule has 2 aromatic carbocycles. The van der Waals surface area contributed by atoms with Crippen molar-refractivity contribution in [3.05, 3.63) is 58.1 Å². The lowest BCUT2D eigenvalue weighted by molar-refractivity contribution is -0.137. The molecule has 0 saturated heterocycles. The lowest BCUT2D eigenvalue weighted by atomic mass is 10.2. The van der Waals surface area contributed by atoms with Gasteiger partial charge in [-0.25, -0.2) is 8.42 Å². The maximum Gasteiger partial charge on any atom is 0.417 e. The van der Waals surface area contributed by atoms with Gasteiger partial charge in [0.15, 0.2) is 0 Å². The quantitative estimate of drug-likeness (QED) is 0.748. The predicted octanol–water partition coefficient (Wildman–Crippen LogP) is 4.42. The molecule has 146 valence electrons. The van der Waals surface area contributed by atoms with E-state index in [1.165, 1.54) is 24.3 Å². The van der Waals surface area contributed by atoms with Gasteiger partial charge in [0.05, 0.1) is 27.6 Å². The Morgan fingerprint density at radius 1 is 1.11 bits per heavy atom. The van der Waals surface area contributed by atoms with Gasteiger partial charge < -0.3 is 5.32 Å². The number of alkyl halides is 3. The first-order valence-corrected chi connectivity index (χ1v) is 9.89. The number of sulfonamides is 1. The number of amides is 1.